The zero-order valence-corrected chi connectivity index (χ0v) is 14.9. The Hall–Kier alpha value is -0.0300. The van der Waals surface area contributed by atoms with Gasteiger partial charge in [0.25, 0.3) is 0 Å². The van der Waals surface area contributed by atoms with Gasteiger partial charge >= 0.3 is 0 Å². The molecule has 0 amide bonds. The molecule has 1 fully saturated rings. The minimum absolute atomic E-state index is 0.358. The van der Waals surface area contributed by atoms with Crippen molar-refractivity contribution in [1.29, 1.82) is 0 Å². The highest BCUT2D eigenvalue weighted by atomic mass is 79.9. The van der Waals surface area contributed by atoms with E-state index < -0.39 is 0 Å². The van der Waals surface area contributed by atoms with Gasteiger partial charge in [-0.05, 0) is 66.9 Å². The molecule has 2 rings (SSSR count). The molecule has 1 aliphatic rings. The summed E-state index contributed by atoms with van der Waals surface area (Å²) < 4.78 is 6.84. The average Bonchev–Trinajstić information content (AvgIpc) is 2.84. The van der Waals surface area contributed by atoms with Gasteiger partial charge in [0.2, 0.25) is 0 Å². The van der Waals surface area contributed by atoms with Gasteiger partial charge in [0.15, 0.2) is 0 Å². The first kappa shape index (κ1) is 16.3. The van der Waals surface area contributed by atoms with E-state index in [1.165, 1.54) is 21.4 Å². The Kier molecular flexibility index (Phi) is 6.40. The zero-order valence-electron chi connectivity index (χ0n) is 12.5. The molecule has 1 aromatic rings. The third kappa shape index (κ3) is 4.23. The second kappa shape index (κ2) is 7.83. The van der Waals surface area contributed by atoms with E-state index in [1.807, 2.05) is 11.8 Å². The van der Waals surface area contributed by atoms with E-state index in [-0.39, 0.29) is 0 Å². The highest BCUT2D eigenvalue weighted by Gasteiger charge is 2.25. The number of nitrogens with one attached hydrogen (secondary N) is 1. The molecule has 0 spiro atoms. The lowest BCUT2D eigenvalue weighted by atomic mass is 10.1. The molecule has 112 valence electrons. The van der Waals surface area contributed by atoms with Gasteiger partial charge in [0.1, 0.15) is 0 Å². The molecule has 4 heteroatoms. The van der Waals surface area contributed by atoms with Crippen molar-refractivity contribution < 1.29 is 4.74 Å². The van der Waals surface area contributed by atoms with Crippen LogP contribution in [0.1, 0.15) is 45.2 Å². The third-order valence-corrected chi connectivity index (χ3v) is 6.19. The van der Waals surface area contributed by atoms with Crippen LogP contribution in [0.3, 0.4) is 0 Å². The summed E-state index contributed by atoms with van der Waals surface area (Å²) >= 11 is 5.65. The second-order valence-corrected chi connectivity index (χ2v) is 7.52. The van der Waals surface area contributed by atoms with Crippen LogP contribution >= 0.6 is 27.7 Å². The quantitative estimate of drug-likeness (QED) is 0.791. The molecule has 1 N–H and O–H groups in total. The van der Waals surface area contributed by atoms with Crippen molar-refractivity contribution in [2.45, 2.75) is 55.9 Å². The second-order valence-electron chi connectivity index (χ2n) is 5.39. The van der Waals surface area contributed by atoms with Gasteiger partial charge in [-0.2, -0.15) is 0 Å². The van der Waals surface area contributed by atoms with Crippen molar-refractivity contribution in [3.8, 4) is 0 Å². The molecule has 20 heavy (non-hydrogen) atoms. The number of rotatable bonds is 6. The van der Waals surface area contributed by atoms with Crippen molar-refractivity contribution in [2.24, 2.45) is 0 Å². The fourth-order valence-corrected chi connectivity index (χ4v) is 4.20. The predicted molar refractivity (Wildman–Crippen MR) is 90.5 cm³/mol. The summed E-state index contributed by atoms with van der Waals surface area (Å²) in [5.74, 6) is 0. The number of thioether (sulfide) groups is 1. The molecule has 2 nitrogen and oxygen atoms in total. The first-order chi connectivity index (χ1) is 9.61. The smallest absolute Gasteiger partial charge is 0.0669 e. The molecule has 0 saturated carbocycles. The zero-order chi connectivity index (χ0) is 14.5. The Morgan fingerprint density at radius 3 is 2.90 bits per heavy atom. The number of benzene rings is 1. The van der Waals surface area contributed by atoms with E-state index in [2.05, 4.69) is 60.2 Å². The SMILES string of the molecule is CCCNC(C)c1ccc(SC2CCOC2C)c(Br)c1. The van der Waals surface area contributed by atoms with E-state index in [4.69, 9.17) is 4.74 Å². The lowest BCUT2D eigenvalue weighted by Crippen LogP contribution is -2.19. The maximum absolute atomic E-state index is 5.64. The topological polar surface area (TPSA) is 21.3 Å². The van der Waals surface area contributed by atoms with Crippen LogP contribution in [-0.2, 0) is 4.74 Å². The lowest BCUT2D eigenvalue weighted by molar-refractivity contribution is 0.127. The largest absolute Gasteiger partial charge is 0.377 e. The van der Waals surface area contributed by atoms with E-state index in [0.29, 0.717) is 17.4 Å². The Balaban J connectivity index is 2.01. The molecular formula is C16H24BrNOS. The van der Waals surface area contributed by atoms with Crippen LogP contribution in [0, 0.1) is 0 Å². The molecule has 3 atom stereocenters. The normalized spacial score (nSPS) is 24.0. The Labute approximate surface area is 135 Å². The van der Waals surface area contributed by atoms with E-state index >= 15 is 0 Å². The third-order valence-electron chi connectivity index (χ3n) is 3.74. The van der Waals surface area contributed by atoms with Gasteiger partial charge in [-0.3, -0.25) is 0 Å². The van der Waals surface area contributed by atoms with Gasteiger partial charge in [-0.25, -0.2) is 0 Å². The van der Waals surface area contributed by atoms with Crippen molar-refractivity contribution in [3.63, 3.8) is 0 Å². The molecule has 1 saturated heterocycles. The molecule has 1 aromatic carbocycles. The van der Waals surface area contributed by atoms with Crippen LogP contribution in [0.15, 0.2) is 27.6 Å². The standard InChI is InChI=1S/C16H24BrNOS/c1-4-8-18-11(2)13-5-6-16(14(17)10-13)20-15-7-9-19-12(15)3/h5-6,10-12,15,18H,4,7-9H2,1-3H3. The molecule has 0 bridgehead atoms. The van der Waals surface area contributed by atoms with Gasteiger partial charge in [-0.15, -0.1) is 11.8 Å². The molecule has 1 aliphatic heterocycles. The van der Waals surface area contributed by atoms with Crippen LogP contribution in [0.4, 0.5) is 0 Å². The highest BCUT2D eigenvalue weighted by molar-refractivity contribution is 9.10. The van der Waals surface area contributed by atoms with Gasteiger partial charge in [-0.1, -0.05) is 13.0 Å². The summed E-state index contributed by atoms with van der Waals surface area (Å²) in [6.45, 7) is 8.54. The Morgan fingerprint density at radius 1 is 1.50 bits per heavy atom. The minimum Gasteiger partial charge on any atom is -0.377 e. The summed E-state index contributed by atoms with van der Waals surface area (Å²) in [6.07, 6.45) is 2.67. The van der Waals surface area contributed by atoms with Gasteiger partial charge in [0, 0.05) is 27.3 Å². The first-order valence-electron chi connectivity index (χ1n) is 7.43. The Bertz CT molecular complexity index is 440. The summed E-state index contributed by atoms with van der Waals surface area (Å²) in [6, 6.07) is 7.12. The van der Waals surface area contributed by atoms with Crippen molar-refractivity contribution in [3.05, 3.63) is 28.2 Å². The average molecular weight is 358 g/mol. The highest BCUT2D eigenvalue weighted by Crippen LogP contribution is 2.37. The molecule has 0 radical (unpaired) electrons. The van der Waals surface area contributed by atoms with Crippen molar-refractivity contribution in [2.75, 3.05) is 13.2 Å². The number of hydrogen-bond donors (Lipinski definition) is 1. The summed E-state index contributed by atoms with van der Waals surface area (Å²) in [5.41, 5.74) is 1.34. The van der Waals surface area contributed by atoms with Crippen LogP contribution in [0.2, 0.25) is 0 Å². The first-order valence-corrected chi connectivity index (χ1v) is 9.10. The Morgan fingerprint density at radius 2 is 2.30 bits per heavy atom. The van der Waals surface area contributed by atoms with E-state index in [1.54, 1.807) is 0 Å². The van der Waals surface area contributed by atoms with Crippen molar-refractivity contribution >= 4 is 27.7 Å². The fourth-order valence-electron chi connectivity index (χ4n) is 2.39. The van der Waals surface area contributed by atoms with Crippen LogP contribution < -0.4 is 5.32 Å². The van der Waals surface area contributed by atoms with Crippen LogP contribution in [0.5, 0.6) is 0 Å². The molecule has 1 heterocycles. The van der Waals surface area contributed by atoms with Crippen molar-refractivity contribution in [1.82, 2.24) is 5.32 Å². The summed E-state index contributed by atoms with van der Waals surface area (Å²) in [4.78, 5) is 1.32. The molecule has 0 aromatic heterocycles. The maximum Gasteiger partial charge on any atom is 0.0669 e. The molecular weight excluding hydrogens is 334 g/mol. The lowest BCUT2D eigenvalue weighted by Gasteiger charge is -2.17. The number of ether oxygens (including phenoxy) is 1. The minimum atomic E-state index is 0.358. The fraction of sp³-hybridized carbons (Fsp3) is 0.625. The monoisotopic (exact) mass is 357 g/mol. The van der Waals surface area contributed by atoms with E-state index in [0.717, 1.165) is 19.6 Å². The van der Waals surface area contributed by atoms with E-state index in [9.17, 15) is 0 Å². The maximum atomic E-state index is 5.64. The number of halogens is 1. The predicted octanol–water partition coefficient (Wildman–Crippen LogP) is 4.78. The van der Waals surface area contributed by atoms with Gasteiger partial charge < -0.3 is 10.1 Å². The number of hydrogen-bond acceptors (Lipinski definition) is 3. The van der Waals surface area contributed by atoms with Gasteiger partial charge in [0.05, 0.1) is 6.10 Å². The van der Waals surface area contributed by atoms with Crippen LogP contribution in [-0.4, -0.2) is 24.5 Å². The summed E-state index contributed by atoms with van der Waals surface area (Å²) in [7, 11) is 0. The van der Waals surface area contributed by atoms with Crippen LogP contribution in [0.25, 0.3) is 0 Å². The summed E-state index contributed by atoms with van der Waals surface area (Å²) in [5, 5.41) is 4.10. The molecule has 3 unspecified atom stereocenters. The molecule has 0 aliphatic carbocycles.